The Morgan fingerprint density at radius 3 is 2.68 bits per heavy atom. The highest BCUT2D eigenvalue weighted by Gasteiger charge is 2.33. The van der Waals surface area contributed by atoms with Gasteiger partial charge in [-0.15, -0.1) is 0 Å². The monoisotopic (exact) mass is 517 g/mol. The number of fused-ring (bicyclic) bond motifs is 3. The van der Waals surface area contributed by atoms with Crippen molar-refractivity contribution in [1.82, 2.24) is 19.9 Å². The highest BCUT2D eigenvalue weighted by atomic mass is 35.5. The van der Waals surface area contributed by atoms with Gasteiger partial charge in [0.15, 0.2) is 0 Å². The van der Waals surface area contributed by atoms with Gasteiger partial charge in [-0.25, -0.2) is 9.97 Å². The second-order valence-electron chi connectivity index (χ2n) is 9.23. The van der Waals surface area contributed by atoms with E-state index in [-0.39, 0.29) is 18.4 Å². The fourth-order valence-electron chi connectivity index (χ4n) is 5.12. The molecular weight excluding hydrogens is 490 g/mol. The molecule has 8 nitrogen and oxygen atoms in total. The fraction of sp³-hybridized carbons (Fsp3) is 0.286. The molecule has 9 heteroatoms. The number of nitrogens with one attached hydrogen (secondary N) is 1. The Labute approximate surface area is 220 Å². The molecule has 0 radical (unpaired) electrons. The summed E-state index contributed by atoms with van der Waals surface area (Å²) >= 11 is 6.33. The fourth-order valence-corrected chi connectivity index (χ4v) is 5.29. The standard InChI is InChI=1S/C28H28ClN5O3/c29-20-4-7-25-24(16-20)23-8-11-34(28-30-9-1-10-31-28)27(26(23)32-25)19-2-5-22(6-3-19)37-18-21(35)17-33-12-14-36-15-13-33/h1-7,9-10,16-17,27,32,35H,8,11-15,18H2/b21-17-/t27-/m0/s1. The molecule has 2 aromatic carbocycles. The first kappa shape index (κ1) is 23.6. The van der Waals surface area contributed by atoms with Gasteiger partial charge in [-0.3, -0.25) is 0 Å². The lowest BCUT2D eigenvalue weighted by Gasteiger charge is -2.36. The molecule has 0 bridgehead atoms. The lowest BCUT2D eigenvalue weighted by Crippen LogP contribution is -2.37. The predicted molar refractivity (Wildman–Crippen MR) is 143 cm³/mol. The zero-order chi connectivity index (χ0) is 25.2. The Morgan fingerprint density at radius 2 is 1.89 bits per heavy atom. The summed E-state index contributed by atoms with van der Waals surface area (Å²) in [7, 11) is 0. The Kier molecular flexibility index (Phi) is 6.59. The summed E-state index contributed by atoms with van der Waals surface area (Å²) in [5.74, 6) is 1.56. The molecule has 2 aliphatic rings. The normalized spacial score (nSPS) is 18.2. The molecule has 4 heterocycles. The summed E-state index contributed by atoms with van der Waals surface area (Å²) in [6, 6.07) is 15.7. The lowest BCUT2D eigenvalue weighted by atomic mass is 9.92. The number of aromatic amines is 1. The number of rotatable bonds is 6. The van der Waals surface area contributed by atoms with Crippen molar-refractivity contribution < 1.29 is 14.6 Å². The van der Waals surface area contributed by atoms with E-state index in [2.05, 4.69) is 32.0 Å². The number of aliphatic hydroxyl groups is 1. The van der Waals surface area contributed by atoms with Crippen molar-refractivity contribution in [3.63, 3.8) is 0 Å². The SMILES string of the molecule is O/C(=C\N1CCOCC1)COc1ccc([C@H]2c3[nH]c4ccc(Cl)cc4c3CCN2c2ncccn2)cc1. The van der Waals surface area contributed by atoms with E-state index in [0.29, 0.717) is 24.9 Å². The first-order chi connectivity index (χ1) is 18.2. The molecule has 0 unspecified atom stereocenters. The number of nitrogens with zero attached hydrogens (tertiary/aromatic N) is 4. The molecule has 0 spiro atoms. The van der Waals surface area contributed by atoms with Gasteiger partial charge >= 0.3 is 0 Å². The highest BCUT2D eigenvalue weighted by Crippen LogP contribution is 2.40. The molecule has 4 aromatic rings. The minimum Gasteiger partial charge on any atom is -0.507 e. The Bertz CT molecular complexity index is 1400. The van der Waals surface area contributed by atoms with Crippen LogP contribution in [0.15, 0.2) is 72.9 Å². The molecule has 1 fully saturated rings. The Balaban J connectivity index is 1.28. The van der Waals surface area contributed by atoms with Gasteiger partial charge in [0.05, 0.1) is 19.3 Å². The molecular formula is C28H28ClN5O3. The minimum atomic E-state index is -0.0963. The van der Waals surface area contributed by atoms with E-state index in [1.165, 1.54) is 5.56 Å². The zero-order valence-electron chi connectivity index (χ0n) is 20.3. The van der Waals surface area contributed by atoms with Gasteiger partial charge in [-0.1, -0.05) is 23.7 Å². The number of anilines is 1. The largest absolute Gasteiger partial charge is 0.507 e. The maximum Gasteiger partial charge on any atom is 0.226 e. The quantitative estimate of drug-likeness (QED) is 0.353. The van der Waals surface area contributed by atoms with Crippen LogP contribution in [0.3, 0.4) is 0 Å². The molecule has 37 heavy (non-hydrogen) atoms. The van der Waals surface area contributed by atoms with Crippen LogP contribution in [0.5, 0.6) is 5.75 Å². The summed E-state index contributed by atoms with van der Waals surface area (Å²) in [5, 5.41) is 12.2. The Morgan fingerprint density at radius 1 is 1.11 bits per heavy atom. The molecule has 2 aliphatic heterocycles. The summed E-state index contributed by atoms with van der Waals surface area (Å²) in [6.07, 6.45) is 6.14. The molecule has 0 saturated carbocycles. The molecule has 6 rings (SSSR count). The maximum absolute atomic E-state index is 10.3. The number of aliphatic hydroxyl groups excluding tert-OH is 1. The summed E-state index contributed by atoms with van der Waals surface area (Å²) in [4.78, 5) is 17.0. The van der Waals surface area contributed by atoms with E-state index in [0.717, 1.165) is 53.2 Å². The van der Waals surface area contributed by atoms with Crippen molar-refractivity contribution in [3.05, 3.63) is 94.7 Å². The number of hydrogen-bond acceptors (Lipinski definition) is 7. The van der Waals surface area contributed by atoms with Crippen LogP contribution in [-0.4, -0.2) is 64.4 Å². The summed E-state index contributed by atoms with van der Waals surface area (Å²) < 4.78 is 11.2. The van der Waals surface area contributed by atoms with Gasteiger partial charge in [0.1, 0.15) is 18.1 Å². The summed E-state index contributed by atoms with van der Waals surface area (Å²) in [6.45, 7) is 3.76. The third-order valence-electron chi connectivity index (χ3n) is 6.86. The third-order valence-corrected chi connectivity index (χ3v) is 7.09. The Hall–Kier alpha value is -3.75. The van der Waals surface area contributed by atoms with Crippen molar-refractivity contribution in [2.75, 3.05) is 44.4 Å². The van der Waals surface area contributed by atoms with E-state index in [1.807, 2.05) is 41.3 Å². The van der Waals surface area contributed by atoms with Gasteiger partial charge in [-0.2, -0.15) is 0 Å². The highest BCUT2D eigenvalue weighted by molar-refractivity contribution is 6.31. The predicted octanol–water partition coefficient (Wildman–Crippen LogP) is 4.87. The van der Waals surface area contributed by atoms with E-state index in [4.69, 9.17) is 21.1 Å². The van der Waals surface area contributed by atoms with Crippen LogP contribution in [0, 0.1) is 0 Å². The average molecular weight is 518 g/mol. The van der Waals surface area contributed by atoms with Gasteiger partial charge in [0.2, 0.25) is 5.95 Å². The molecule has 1 saturated heterocycles. The number of H-pyrrole nitrogens is 1. The van der Waals surface area contributed by atoms with Crippen LogP contribution in [0.25, 0.3) is 10.9 Å². The summed E-state index contributed by atoms with van der Waals surface area (Å²) in [5.41, 5.74) is 4.55. The van der Waals surface area contributed by atoms with Crippen LogP contribution in [0.4, 0.5) is 5.95 Å². The number of halogens is 1. The first-order valence-corrected chi connectivity index (χ1v) is 12.8. The molecule has 2 aromatic heterocycles. The van der Waals surface area contributed by atoms with Gasteiger partial charge in [0.25, 0.3) is 0 Å². The molecule has 190 valence electrons. The lowest BCUT2D eigenvalue weighted by molar-refractivity contribution is 0.0572. The number of morpholine rings is 1. The van der Waals surface area contributed by atoms with E-state index < -0.39 is 0 Å². The molecule has 1 atom stereocenters. The van der Waals surface area contributed by atoms with E-state index in [9.17, 15) is 5.11 Å². The average Bonchev–Trinajstić information content (AvgIpc) is 3.30. The van der Waals surface area contributed by atoms with Gasteiger partial charge in [-0.05, 0) is 53.9 Å². The molecule has 0 aliphatic carbocycles. The topological polar surface area (TPSA) is 86.7 Å². The smallest absolute Gasteiger partial charge is 0.226 e. The van der Waals surface area contributed by atoms with E-state index >= 15 is 0 Å². The van der Waals surface area contributed by atoms with Crippen molar-refractivity contribution >= 4 is 28.5 Å². The third kappa shape index (κ3) is 4.95. The van der Waals surface area contributed by atoms with Crippen LogP contribution in [0.2, 0.25) is 5.02 Å². The van der Waals surface area contributed by atoms with Crippen LogP contribution in [0.1, 0.15) is 22.9 Å². The maximum atomic E-state index is 10.3. The number of ether oxygens (including phenoxy) is 2. The molecule has 0 amide bonds. The van der Waals surface area contributed by atoms with Crippen molar-refractivity contribution in [2.45, 2.75) is 12.5 Å². The van der Waals surface area contributed by atoms with Gasteiger partial charge < -0.3 is 29.4 Å². The van der Waals surface area contributed by atoms with Crippen LogP contribution >= 0.6 is 11.6 Å². The van der Waals surface area contributed by atoms with Crippen molar-refractivity contribution in [1.29, 1.82) is 0 Å². The number of hydrogen-bond donors (Lipinski definition) is 2. The zero-order valence-corrected chi connectivity index (χ0v) is 21.1. The van der Waals surface area contributed by atoms with Crippen molar-refractivity contribution in [2.24, 2.45) is 0 Å². The second-order valence-corrected chi connectivity index (χ2v) is 9.66. The van der Waals surface area contributed by atoms with Crippen LogP contribution in [-0.2, 0) is 11.2 Å². The molecule has 2 N–H and O–H groups in total. The number of benzene rings is 2. The van der Waals surface area contributed by atoms with Gasteiger partial charge in [0, 0.05) is 59.8 Å². The first-order valence-electron chi connectivity index (χ1n) is 12.4. The van der Waals surface area contributed by atoms with Crippen LogP contribution < -0.4 is 9.64 Å². The minimum absolute atomic E-state index is 0.0963. The second kappa shape index (κ2) is 10.3. The van der Waals surface area contributed by atoms with E-state index in [1.54, 1.807) is 18.6 Å². The van der Waals surface area contributed by atoms with Crippen molar-refractivity contribution in [3.8, 4) is 5.75 Å². The number of aromatic nitrogens is 3.